The van der Waals surface area contributed by atoms with Crippen molar-refractivity contribution in [2.24, 2.45) is 0 Å². The molecule has 0 saturated carbocycles. The normalized spacial score (nSPS) is 32.5. The SMILES string of the molecule is C=C1/C=C\C=C(\F)CS/C=C\1B1OC(C)(C)C(C)(C)O1. The lowest BCUT2D eigenvalue weighted by molar-refractivity contribution is 0.00578. The van der Waals surface area contributed by atoms with Crippen LogP contribution in [0.5, 0.6) is 0 Å². The molecule has 0 N–H and O–H groups in total. The second-order valence-electron chi connectivity index (χ2n) is 5.97. The lowest BCUT2D eigenvalue weighted by Crippen LogP contribution is -2.41. The van der Waals surface area contributed by atoms with Gasteiger partial charge in [0.2, 0.25) is 0 Å². The van der Waals surface area contributed by atoms with Crippen molar-refractivity contribution >= 4 is 18.9 Å². The fraction of sp³-hybridized carbons (Fsp3) is 0.467. The first-order valence-corrected chi connectivity index (χ1v) is 7.67. The smallest absolute Gasteiger partial charge is 0.399 e. The van der Waals surface area contributed by atoms with Crippen LogP contribution in [-0.2, 0) is 9.31 Å². The lowest BCUT2D eigenvalue weighted by atomic mass is 9.75. The molecule has 0 atom stereocenters. The zero-order valence-electron chi connectivity index (χ0n) is 12.4. The molecule has 0 spiro atoms. The molecule has 0 aliphatic carbocycles. The van der Waals surface area contributed by atoms with Gasteiger partial charge in [-0.2, -0.15) is 0 Å². The molecule has 0 amide bonds. The molecule has 0 radical (unpaired) electrons. The van der Waals surface area contributed by atoms with E-state index in [1.165, 1.54) is 17.8 Å². The maximum Gasteiger partial charge on any atom is 0.495 e. The fourth-order valence-electron chi connectivity index (χ4n) is 1.88. The maximum atomic E-state index is 13.3. The minimum atomic E-state index is -0.467. The molecule has 2 nitrogen and oxygen atoms in total. The molecule has 0 aromatic rings. The Kier molecular flexibility index (Phi) is 4.33. The van der Waals surface area contributed by atoms with Crippen molar-refractivity contribution in [3.8, 4) is 0 Å². The van der Waals surface area contributed by atoms with Crippen molar-refractivity contribution in [2.45, 2.75) is 38.9 Å². The number of hydrogen-bond donors (Lipinski definition) is 0. The number of rotatable bonds is 1. The van der Waals surface area contributed by atoms with E-state index < -0.39 is 18.3 Å². The molecular formula is C15H20BFO2S. The van der Waals surface area contributed by atoms with Gasteiger partial charge in [0.05, 0.1) is 11.2 Å². The van der Waals surface area contributed by atoms with E-state index in [9.17, 15) is 4.39 Å². The molecule has 2 heterocycles. The van der Waals surface area contributed by atoms with Gasteiger partial charge in [-0.1, -0.05) is 18.7 Å². The van der Waals surface area contributed by atoms with E-state index in [0.29, 0.717) is 5.75 Å². The van der Waals surface area contributed by atoms with Gasteiger partial charge in [-0.15, -0.1) is 11.8 Å². The standard InChI is InChI=1S/C15H20BFO2S/c1-11-7-6-8-12(17)9-20-10-13(11)16-18-14(2,3)15(4,5)19-16/h6-8,10H,1,9H2,2-5H3/b7-6-,12-8+,13-10+. The zero-order chi connectivity index (χ0) is 15.0. The molecule has 1 fully saturated rings. The first kappa shape index (κ1) is 15.6. The van der Waals surface area contributed by atoms with Crippen molar-refractivity contribution in [1.29, 1.82) is 0 Å². The topological polar surface area (TPSA) is 18.5 Å². The van der Waals surface area contributed by atoms with Gasteiger partial charge in [-0.25, -0.2) is 4.39 Å². The van der Waals surface area contributed by atoms with Crippen LogP contribution < -0.4 is 0 Å². The quantitative estimate of drug-likeness (QED) is 0.675. The van der Waals surface area contributed by atoms with Gasteiger partial charge >= 0.3 is 7.12 Å². The molecule has 1 saturated heterocycles. The molecule has 20 heavy (non-hydrogen) atoms. The Labute approximate surface area is 124 Å². The Balaban J connectivity index is 2.24. The van der Waals surface area contributed by atoms with Gasteiger partial charge in [0, 0.05) is 5.75 Å². The summed E-state index contributed by atoms with van der Waals surface area (Å²) in [6, 6.07) is 0. The summed E-state index contributed by atoms with van der Waals surface area (Å²) in [7, 11) is -0.467. The van der Waals surface area contributed by atoms with Crippen LogP contribution in [0, 0.1) is 0 Å². The van der Waals surface area contributed by atoms with Crippen molar-refractivity contribution in [3.63, 3.8) is 0 Å². The number of halogens is 1. The Morgan fingerprint density at radius 3 is 2.45 bits per heavy atom. The summed E-state index contributed by atoms with van der Waals surface area (Å²) < 4.78 is 25.4. The molecule has 0 aromatic carbocycles. The predicted octanol–water partition coefficient (Wildman–Crippen LogP) is 4.21. The van der Waals surface area contributed by atoms with Gasteiger partial charge in [-0.3, -0.25) is 0 Å². The predicted molar refractivity (Wildman–Crippen MR) is 84.1 cm³/mol. The average molecular weight is 294 g/mol. The minimum Gasteiger partial charge on any atom is -0.399 e. The molecule has 108 valence electrons. The van der Waals surface area contributed by atoms with E-state index in [1.807, 2.05) is 33.1 Å². The van der Waals surface area contributed by atoms with Crippen molar-refractivity contribution in [2.75, 3.05) is 5.75 Å². The average Bonchev–Trinajstić information content (AvgIpc) is 2.57. The lowest BCUT2D eigenvalue weighted by Gasteiger charge is -2.32. The van der Waals surface area contributed by atoms with Gasteiger partial charge in [0.15, 0.2) is 0 Å². The van der Waals surface area contributed by atoms with E-state index in [0.717, 1.165) is 11.0 Å². The fourth-order valence-corrected chi connectivity index (χ4v) is 2.66. The molecule has 0 aromatic heterocycles. The summed E-state index contributed by atoms with van der Waals surface area (Å²) >= 11 is 1.38. The van der Waals surface area contributed by atoms with Gasteiger partial charge < -0.3 is 9.31 Å². The van der Waals surface area contributed by atoms with Crippen LogP contribution in [0.25, 0.3) is 0 Å². The van der Waals surface area contributed by atoms with Gasteiger partial charge in [-0.05, 0) is 50.2 Å². The first-order chi connectivity index (χ1) is 9.23. The van der Waals surface area contributed by atoms with E-state index in [1.54, 1.807) is 12.2 Å². The Bertz CT molecular complexity index is 490. The van der Waals surface area contributed by atoms with Crippen LogP contribution in [0.15, 0.2) is 47.1 Å². The summed E-state index contributed by atoms with van der Waals surface area (Å²) in [5.74, 6) is 0.145. The van der Waals surface area contributed by atoms with E-state index >= 15 is 0 Å². The highest BCUT2D eigenvalue weighted by Crippen LogP contribution is 2.40. The highest BCUT2D eigenvalue weighted by atomic mass is 32.2. The van der Waals surface area contributed by atoms with Crippen LogP contribution in [0.2, 0.25) is 0 Å². The van der Waals surface area contributed by atoms with E-state index in [4.69, 9.17) is 9.31 Å². The van der Waals surface area contributed by atoms with Crippen LogP contribution in [0.1, 0.15) is 27.7 Å². The monoisotopic (exact) mass is 294 g/mol. The third-order valence-corrected chi connectivity index (χ3v) is 4.75. The molecule has 2 aliphatic heterocycles. The minimum absolute atomic E-state index is 0.162. The highest BCUT2D eigenvalue weighted by Gasteiger charge is 2.52. The third kappa shape index (κ3) is 3.10. The summed E-state index contributed by atoms with van der Waals surface area (Å²) in [5.41, 5.74) is 0.847. The third-order valence-electron chi connectivity index (χ3n) is 3.88. The first-order valence-electron chi connectivity index (χ1n) is 6.62. The molecule has 0 bridgehead atoms. The van der Waals surface area contributed by atoms with Gasteiger partial charge in [0.1, 0.15) is 5.83 Å². The Morgan fingerprint density at radius 2 is 1.85 bits per heavy atom. The summed E-state index contributed by atoms with van der Waals surface area (Å²) in [6.45, 7) is 12.1. The second kappa shape index (κ2) is 5.55. The van der Waals surface area contributed by atoms with Crippen LogP contribution in [-0.4, -0.2) is 24.1 Å². The van der Waals surface area contributed by atoms with Gasteiger partial charge in [0.25, 0.3) is 0 Å². The van der Waals surface area contributed by atoms with Crippen molar-refractivity contribution in [1.82, 2.24) is 0 Å². The van der Waals surface area contributed by atoms with Crippen LogP contribution >= 0.6 is 11.8 Å². The summed E-state index contributed by atoms with van der Waals surface area (Å²) in [4.78, 5) is 0. The largest absolute Gasteiger partial charge is 0.495 e. The molecule has 0 unspecified atom stereocenters. The highest BCUT2D eigenvalue weighted by molar-refractivity contribution is 8.02. The molecule has 5 heteroatoms. The summed E-state index contributed by atoms with van der Waals surface area (Å²) in [5, 5.41) is 1.88. The Morgan fingerprint density at radius 1 is 1.25 bits per heavy atom. The second-order valence-corrected chi connectivity index (χ2v) is 6.83. The van der Waals surface area contributed by atoms with Crippen molar-refractivity contribution in [3.05, 3.63) is 47.1 Å². The summed E-state index contributed by atoms with van der Waals surface area (Å²) in [6.07, 6.45) is 4.91. The van der Waals surface area contributed by atoms with Crippen LogP contribution in [0.3, 0.4) is 0 Å². The zero-order valence-corrected chi connectivity index (χ0v) is 13.2. The van der Waals surface area contributed by atoms with E-state index in [-0.39, 0.29) is 5.83 Å². The Hall–Kier alpha value is -0.775. The molecule has 2 aliphatic rings. The number of hydrogen-bond acceptors (Lipinski definition) is 3. The maximum absolute atomic E-state index is 13.3. The molecular weight excluding hydrogens is 274 g/mol. The molecule has 2 rings (SSSR count). The van der Waals surface area contributed by atoms with Crippen molar-refractivity contribution < 1.29 is 13.7 Å². The number of thioether (sulfide) groups is 1. The van der Waals surface area contributed by atoms with Crippen LogP contribution in [0.4, 0.5) is 4.39 Å². The number of allylic oxidation sites excluding steroid dienone is 5. The van der Waals surface area contributed by atoms with E-state index in [2.05, 4.69) is 6.58 Å².